The summed E-state index contributed by atoms with van der Waals surface area (Å²) in [5.74, 6) is -5.98. The maximum atomic E-state index is 13.8. The van der Waals surface area contributed by atoms with Crippen LogP contribution in [0.3, 0.4) is 0 Å². The summed E-state index contributed by atoms with van der Waals surface area (Å²) < 4.78 is 88.8. The van der Waals surface area contributed by atoms with E-state index in [-0.39, 0.29) is 17.7 Å². The maximum absolute atomic E-state index is 13.8. The molecule has 0 radical (unpaired) electrons. The van der Waals surface area contributed by atoms with Crippen LogP contribution in [-0.4, -0.2) is 88.5 Å². The van der Waals surface area contributed by atoms with E-state index in [1.165, 1.54) is 19.9 Å². The third-order valence-corrected chi connectivity index (χ3v) is 8.49. The average molecular weight is 597 g/mol. The van der Waals surface area contributed by atoms with E-state index in [2.05, 4.69) is 15.3 Å². The number of alkyl halides is 3. The molecule has 3 heterocycles. The minimum absolute atomic E-state index is 0.116. The molecule has 4 N–H and O–H groups in total. The van der Waals surface area contributed by atoms with Gasteiger partial charge in [0.1, 0.15) is 41.2 Å². The van der Waals surface area contributed by atoms with Crippen LogP contribution >= 0.6 is 11.8 Å². The van der Waals surface area contributed by atoms with Crippen molar-refractivity contribution in [3.63, 3.8) is 0 Å². The summed E-state index contributed by atoms with van der Waals surface area (Å²) in [6.07, 6.45) is -6.01. The van der Waals surface area contributed by atoms with Crippen LogP contribution in [0, 0.1) is 23.4 Å². The molecule has 0 aliphatic carbocycles. The largest absolute Gasteiger partial charge is 0.429 e. The molecule has 220 valence electrons. The van der Waals surface area contributed by atoms with Crippen molar-refractivity contribution in [3.05, 3.63) is 48.1 Å². The number of aliphatic hydroxyl groups excluding tert-OH is 3. The van der Waals surface area contributed by atoms with E-state index >= 15 is 0 Å². The summed E-state index contributed by atoms with van der Waals surface area (Å²) in [5, 5.41) is 49.1. The van der Waals surface area contributed by atoms with E-state index < -0.39 is 82.5 Å². The minimum Gasteiger partial charge on any atom is -0.394 e. The molecule has 0 bridgehead atoms. The number of aliphatic imine (C=N–C) groups is 1. The molecule has 0 amide bonds. The minimum atomic E-state index is -4.80. The van der Waals surface area contributed by atoms with Gasteiger partial charge in [-0.15, -0.1) is 16.9 Å². The average Bonchev–Trinajstić information content (AvgIpc) is 3.35. The molecule has 9 nitrogen and oxygen atoms in total. The number of aromatic nitrogens is 3. The van der Waals surface area contributed by atoms with Crippen LogP contribution in [0.5, 0.6) is 0 Å². The van der Waals surface area contributed by atoms with Crippen molar-refractivity contribution < 1.29 is 51.5 Å². The topological polar surface area (TPSA) is 133 Å². The Kier molecular flexibility index (Phi) is 8.69. The Morgan fingerprint density at radius 3 is 2.35 bits per heavy atom. The standard InChI is InChI=1S/C24H26F6N4O5S/c1-23(2,38)21(11-4-3-5-31-20(11)24(28,29)30)40-22-19(37)17(18(36)15(9-35)39-22)34-8-14(32-33-34)10-6-12(25)16(27)13(26)7-10/h3,5-8,11,15,17-19,21-22,35-38H,4,9H2,1-2H3/t11?,15-,17+,18+,19-,21-,22+/m1/s1. The van der Waals surface area contributed by atoms with Crippen LogP contribution in [0.2, 0.25) is 0 Å². The molecule has 1 fully saturated rings. The van der Waals surface area contributed by atoms with Crippen LogP contribution in [0.1, 0.15) is 26.3 Å². The van der Waals surface area contributed by atoms with E-state index in [1.807, 2.05) is 0 Å². The van der Waals surface area contributed by atoms with E-state index in [0.717, 1.165) is 17.1 Å². The fourth-order valence-electron chi connectivity index (χ4n) is 4.75. The summed E-state index contributed by atoms with van der Waals surface area (Å²) in [5.41, 5.74) is -4.60. The Hall–Kier alpha value is -2.50. The normalized spacial score (nSPS) is 28.4. The number of rotatable bonds is 7. The number of hydrogen-bond acceptors (Lipinski definition) is 9. The lowest BCUT2D eigenvalue weighted by molar-refractivity contribution is -0.179. The number of thioether (sulfide) groups is 1. The van der Waals surface area contributed by atoms with Crippen LogP contribution in [0.25, 0.3) is 11.3 Å². The Balaban J connectivity index is 1.66. The van der Waals surface area contributed by atoms with E-state index in [9.17, 15) is 46.8 Å². The fourth-order valence-corrected chi connectivity index (χ4v) is 6.33. The van der Waals surface area contributed by atoms with Gasteiger partial charge in [-0.05, 0) is 32.4 Å². The summed E-state index contributed by atoms with van der Waals surface area (Å²) in [4.78, 5) is 3.49. The third kappa shape index (κ3) is 6.06. The van der Waals surface area contributed by atoms with Crippen molar-refractivity contribution in [1.29, 1.82) is 0 Å². The highest BCUT2D eigenvalue weighted by atomic mass is 32.2. The molecule has 2 aromatic rings. The second kappa shape index (κ2) is 11.4. The lowest BCUT2D eigenvalue weighted by Gasteiger charge is -2.45. The molecular formula is C24H26F6N4O5S. The predicted octanol–water partition coefficient (Wildman–Crippen LogP) is 2.75. The Morgan fingerprint density at radius 2 is 1.77 bits per heavy atom. The van der Waals surface area contributed by atoms with Gasteiger partial charge in [0.2, 0.25) is 0 Å². The summed E-state index contributed by atoms with van der Waals surface area (Å²) in [7, 11) is 0. The van der Waals surface area contributed by atoms with Crippen molar-refractivity contribution >= 4 is 17.5 Å². The smallest absolute Gasteiger partial charge is 0.394 e. The van der Waals surface area contributed by atoms with Gasteiger partial charge in [-0.2, -0.15) is 13.2 Å². The van der Waals surface area contributed by atoms with E-state index in [1.54, 1.807) is 0 Å². The van der Waals surface area contributed by atoms with E-state index in [0.29, 0.717) is 23.9 Å². The van der Waals surface area contributed by atoms with Gasteiger partial charge >= 0.3 is 6.18 Å². The lowest BCUT2D eigenvalue weighted by Crippen LogP contribution is -2.56. The highest BCUT2D eigenvalue weighted by molar-refractivity contribution is 8.00. The molecule has 1 unspecified atom stereocenters. The van der Waals surface area contributed by atoms with Gasteiger partial charge in [0.15, 0.2) is 17.5 Å². The molecule has 1 saturated heterocycles. The first-order valence-electron chi connectivity index (χ1n) is 12.0. The van der Waals surface area contributed by atoms with Crippen molar-refractivity contribution in [2.75, 3.05) is 6.61 Å². The van der Waals surface area contributed by atoms with Crippen molar-refractivity contribution in [2.24, 2.45) is 10.9 Å². The number of halogens is 6. The number of benzene rings is 1. The van der Waals surface area contributed by atoms with Gasteiger partial charge in [0.25, 0.3) is 0 Å². The summed E-state index contributed by atoms with van der Waals surface area (Å²) >= 11 is 0.674. The van der Waals surface area contributed by atoms with Gasteiger partial charge in [0, 0.05) is 22.9 Å². The second-order valence-electron chi connectivity index (χ2n) is 9.98. The lowest BCUT2D eigenvalue weighted by atomic mass is 9.85. The quantitative estimate of drug-likeness (QED) is 0.284. The molecule has 16 heteroatoms. The predicted molar refractivity (Wildman–Crippen MR) is 131 cm³/mol. The Bertz CT molecular complexity index is 1260. The number of nitrogens with zero attached hydrogens (tertiary/aromatic N) is 4. The van der Waals surface area contributed by atoms with Gasteiger partial charge < -0.3 is 25.2 Å². The SMILES string of the molecule is CC(C)(O)[C@H](S[C@@H]1O[C@H](CO)[C@H](O)[C@H](n2cc(-c3cc(F)c(F)c(F)c3)nn2)[C@H]1O)C1CC=CN=C1C(F)(F)F. The zero-order chi connectivity index (χ0) is 29.6. The molecule has 7 atom stereocenters. The van der Waals surface area contributed by atoms with Gasteiger partial charge in [-0.3, -0.25) is 4.99 Å². The highest BCUT2D eigenvalue weighted by Gasteiger charge is 2.52. The van der Waals surface area contributed by atoms with Gasteiger partial charge in [-0.25, -0.2) is 17.9 Å². The van der Waals surface area contributed by atoms with Crippen LogP contribution < -0.4 is 0 Å². The Morgan fingerprint density at radius 1 is 1.12 bits per heavy atom. The number of allylic oxidation sites excluding steroid dienone is 1. The monoisotopic (exact) mass is 596 g/mol. The van der Waals surface area contributed by atoms with Gasteiger partial charge in [-0.1, -0.05) is 11.3 Å². The number of ether oxygens (including phenoxy) is 1. The summed E-state index contributed by atoms with van der Waals surface area (Å²) in [6, 6.07) is -0.0553. The summed E-state index contributed by atoms with van der Waals surface area (Å²) in [6.45, 7) is 1.84. The Labute approximate surface area is 228 Å². The molecular weight excluding hydrogens is 570 g/mol. The molecule has 0 spiro atoms. The number of hydrogen-bond donors (Lipinski definition) is 4. The van der Waals surface area contributed by atoms with Crippen molar-refractivity contribution in [1.82, 2.24) is 15.0 Å². The first kappa shape index (κ1) is 30.5. The molecule has 1 aromatic carbocycles. The van der Waals surface area contributed by atoms with Crippen LogP contribution in [-0.2, 0) is 4.74 Å². The third-order valence-electron chi connectivity index (χ3n) is 6.64. The molecule has 2 aliphatic rings. The fraction of sp³-hybridized carbons (Fsp3) is 0.542. The number of aliphatic hydroxyl groups is 4. The molecule has 0 saturated carbocycles. The van der Waals surface area contributed by atoms with Crippen molar-refractivity contribution in [3.8, 4) is 11.3 Å². The zero-order valence-electron chi connectivity index (χ0n) is 21.0. The van der Waals surface area contributed by atoms with Crippen LogP contribution in [0.15, 0.2) is 35.6 Å². The van der Waals surface area contributed by atoms with Gasteiger partial charge in [0.05, 0.1) is 18.4 Å². The first-order valence-corrected chi connectivity index (χ1v) is 12.9. The second-order valence-corrected chi connectivity index (χ2v) is 11.2. The molecule has 40 heavy (non-hydrogen) atoms. The van der Waals surface area contributed by atoms with Crippen LogP contribution in [0.4, 0.5) is 26.3 Å². The molecule has 1 aromatic heterocycles. The van der Waals surface area contributed by atoms with Crippen molar-refractivity contribution in [2.45, 2.75) is 67.1 Å². The highest BCUT2D eigenvalue weighted by Crippen LogP contribution is 2.44. The maximum Gasteiger partial charge on any atom is 0.429 e. The molecule has 4 rings (SSSR count). The molecule has 2 aliphatic heterocycles. The first-order chi connectivity index (χ1) is 18.6. The van der Waals surface area contributed by atoms with E-state index in [4.69, 9.17) is 4.74 Å². The zero-order valence-corrected chi connectivity index (χ0v) is 21.8.